The molecule has 0 aliphatic carbocycles. The lowest BCUT2D eigenvalue weighted by molar-refractivity contribution is -0.332. The van der Waals surface area contributed by atoms with E-state index in [1.165, 1.54) is 43.5 Å². The van der Waals surface area contributed by atoms with Gasteiger partial charge in [-0.2, -0.15) is 13.2 Å². The second kappa shape index (κ2) is 8.54. The number of likely N-dealkylation sites (N-methyl/N-ethyl adjacent to an activating group) is 1. The van der Waals surface area contributed by atoms with Gasteiger partial charge in [-0.25, -0.2) is 9.38 Å². The van der Waals surface area contributed by atoms with Crippen LogP contribution < -0.4 is 15.2 Å². The third-order valence-electron chi connectivity index (χ3n) is 6.04. The lowest BCUT2D eigenvalue weighted by atomic mass is 9.81. The highest BCUT2D eigenvalue weighted by atomic mass is 19.3. The fraction of sp³-hybridized carbons (Fsp3) is 0.231. The molecule has 188 valence electrons. The van der Waals surface area contributed by atoms with Gasteiger partial charge in [0, 0.05) is 19.5 Å². The molecule has 1 amide bonds. The van der Waals surface area contributed by atoms with Crippen LogP contribution in [0.1, 0.15) is 30.5 Å². The number of allylic oxidation sites excluding steroid dienone is 5. The molecule has 0 bridgehead atoms. The molecule has 0 fully saturated rings. The number of ether oxygens (including phenoxy) is 2. The van der Waals surface area contributed by atoms with Crippen LogP contribution in [-0.2, 0) is 10.3 Å². The fourth-order valence-electron chi connectivity index (χ4n) is 4.02. The van der Waals surface area contributed by atoms with E-state index >= 15 is 0 Å². The van der Waals surface area contributed by atoms with E-state index in [4.69, 9.17) is 10.5 Å². The number of carbonyl (C=O) groups is 1. The molecule has 0 spiro atoms. The van der Waals surface area contributed by atoms with Crippen molar-refractivity contribution in [1.82, 2.24) is 4.90 Å². The van der Waals surface area contributed by atoms with E-state index in [-0.39, 0.29) is 28.4 Å². The van der Waals surface area contributed by atoms with Crippen molar-refractivity contribution >= 4 is 17.4 Å². The predicted molar refractivity (Wildman–Crippen MR) is 127 cm³/mol. The van der Waals surface area contributed by atoms with E-state index in [0.29, 0.717) is 12.5 Å². The normalized spacial score (nSPS) is 25.3. The molecule has 36 heavy (non-hydrogen) atoms. The molecule has 0 radical (unpaired) electrons. The molecule has 2 aromatic rings. The van der Waals surface area contributed by atoms with Crippen molar-refractivity contribution in [2.75, 3.05) is 7.05 Å². The van der Waals surface area contributed by atoms with Gasteiger partial charge in [0.2, 0.25) is 0 Å². The summed E-state index contributed by atoms with van der Waals surface area (Å²) in [5, 5.41) is 0. The molecule has 0 aromatic heterocycles. The first kappa shape index (κ1) is 25.0. The summed E-state index contributed by atoms with van der Waals surface area (Å²) in [6.45, 7) is 6.05. The molecule has 2 heterocycles. The number of aliphatic imine (C=N–C) groups is 1. The van der Waals surface area contributed by atoms with Gasteiger partial charge in [-0.15, -0.1) is 0 Å². The van der Waals surface area contributed by atoms with Crippen molar-refractivity contribution in [3.63, 3.8) is 0 Å². The number of hydrogen-bond donors (Lipinski definition) is 1. The number of alkyl halides is 3. The van der Waals surface area contributed by atoms with Crippen LogP contribution in [0, 0.1) is 5.82 Å². The number of hydrogen-bond acceptors (Lipinski definition) is 5. The predicted octanol–water partition coefficient (Wildman–Crippen LogP) is 5.05. The summed E-state index contributed by atoms with van der Waals surface area (Å²) in [5.41, 5.74) is 5.09. The van der Waals surface area contributed by atoms with E-state index < -0.39 is 35.0 Å². The maximum atomic E-state index is 14.9. The monoisotopic (exact) mass is 501 g/mol. The van der Waals surface area contributed by atoms with Crippen LogP contribution in [0.25, 0.3) is 5.57 Å². The molecule has 4 rings (SSSR count). The minimum absolute atomic E-state index is 0.123. The summed E-state index contributed by atoms with van der Waals surface area (Å²) in [7, 11) is 1.41. The van der Waals surface area contributed by atoms with E-state index in [2.05, 4.69) is 16.3 Å². The van der Waals surface area contributed by atoms with Gasteiger partial charge in [0.15, 0.2) is 23.0 Å². The van der Waals surface area contributed by atoms with Gasteiger partial charge in [-0.1, -0.05) is 43.0 Å². The number of guanidine groups is 1. The summed E-state index contributed by atoms with van der Waals surface area (Å²) in [4.78, 5) is 19.1. The molecule has 10 heteroatoms. The Hall–Kier alpha value is -4.08. The number of rotatable bonds is 5. The Labute approximate surface area is 205 Å². The van der Waals surface area contributed by atoms with Crippen LogP contribution in [0.3, 0.4) is 0 Å². The van der Waals surface area contributed by atoms with Gasteiger partial charge in [0.25, 0.3) is 5.91 Å². The van der Waals surface area contributed by atoms with Gasteiger partial charge in [-0.05, 0) is 47.9 Å². The van der Waals surface area contributed by atoms with Gasteiger partial charge in [-0.3, -0.25) is 9.69 Å². The first-order valence-electron chi connectivity index (χ1n) is 10.9. The summed E-state index contributed by atoms with van der Waals surface area (Å²) in [6, 6.07) is 7.60. The van der Waals surface area contributed by atoms with Crippen molar-refractivity contribution in [2.45, 2.75) is 31.3 Å². The summed E-state index contributed by atoms with van der Waals surface area (Å²) >= 11 is 0. The summed E-state index contributed by atoms with van der Waals surface area (Å²) < 4.78 is 66.7. The number of amides is 1. The molecular weight excluding hydrogens is 478 g/mol. The molecule has 2 aliphatic rings. The van der Waals surface area contributed by atoms with E-state index in [1.54, 1.807) is 25.2 Å². The molecule has 2 aromatic carbocycles. The SMILES string of the molecule is C=C/C(=C\C=C/C)c1cc(C2(c3ccc4c(c3)OC(C)(F)C(F)(F)O4)N=C(N)N(C)C2=O)ccc1F. The maximum absolute atomic E-state index is 14.9. The standard InChI is InChI=1S/C26H23F4N3O3/c1-5-7-8-15(6-2)18-13-16(9-11-19(18)27)25(22(34)33(4)23(31)32-25)17-10-12-20-21(14-17)35-24(3,28)26(29,30)36-20/h5-14H,2H2,1,3-4H3,(H2,31,32)/b7-5-,15-8+. The van der Waals surface area contributed by atoms with Crippen molar-refractivity contribution in [3.8, 4) is 11.5 Å². The Balaban J connectivity index is 1.95. The molecule has 2 atom stereocenters. The number of nitrogens with zero attached hydrogens (tertiary/aromatic N) is 2. The molecule has 2 aliphatic heterocycles. The van der Waals surface area contributed by atoms with Crippen LogP contribution in [0.2, 0.25) is 0 Å². The van der Waals surface area contributed by atoms with Crippen molar-refractivity contribution in [2.24, 2.45) is 10.7 Å². The smallest absolute Gasteiger partial charge is 0.446 e. The number of benzene rings is 2. The van der Waals surface area contributed by atoms with Crippen molar-refractivity contribution in [1.29, 1.82) is 0 Å². The number of halogens is 4. The first-order chi connectivity index (χ1) is 16.9. The molecule has 2 N–H and O–H groups in total. The Morgan fingerprint density at radius 3 is 2.39 bits per heavy atom. The molecule has 0 saturated heterocycles. The highest BCUT2D eigenvalue weighted by Crippen LogP contribution is 2.49. The number of fused-ring (bicyclic) bond motifs is 1. The lowest BCUT2D eigenvalue weighted by Crippen LogP contribution is -2.53. The third kappa shape index (κ3) is 3.73. The van der Waals surface area contributed by atoms with Gasteiger partial charge >= 0.3 is 12.0 Å². The van der Waals surface area contributed by atoms with Crippen molar-refractivity contribution < 1.29 is 31.8 Å². The average molecular weight is 501 g/mol. The molecule has 6 nitrogen and oxygen atoms in total. The zero-order valence-corrected chi connectivity index (χ0v) is 19.7. The van der Waals surface area contributed by atoms with Crippen LogP contribution in [0.15, 0.2) is 72.3 Å². The van der Waals surface area contributed by atoms with Crippen LogP contribution in [0.5, 0.6) is 11.5 Å². The Morgan fingerprint density at radius 1 is 1.11 bits per heavy atom. The largest absolute Gasteiger partial charge is 0.471 e. The summed E-state index contributed by atoms with van der Waals surface area (Å²) in [5.74, 6) is -5.55. The zero-order valence-electron chi connectivity index (χ0n) is 19.7. The minimum atomic E-state index is -4.24. The number of carbonyl (C=O) groups excluding carboxylic acids is 1. The van der Waals surface area contributed by atoms with Crippen molar-refractivity contribution in [3.05, 3.63) is 89.8 Å². The Morgan fingerprint density at radius 2 is 1.78 bits per heavy atom. The molecule has 2 unspecified atom stereocenters. The second-order valence-corrected chi connectivity index (χ2v) is 8.39. The lowest BCUT2D eigenvalue weighted by Gasteiger charge is -2.36. The third-order valence-corrected chi connectivity index (χ3v) is 6.04. The van der Waals surface area contributed by atoms with Crippen LogP contribution in [-0.4, -0.2) is 35.8 Å². The molecular formula is C26H23F4N3O3. The average Bonchev–Trinajstić information content (AvgIpc) is 3.05. The van der Waals surface area contributed by atoms with Gasteiger partial charge in [0.1, 0.15) is 5.82 Å². The van der Waals surface area contributed by atoms with Crippen LogP contribution >= 0.6 is 0 Å². The maximum Gasteiger partial charge on any atom is 0.471 e. The highest BCUT2D eigenvalue weighted by Gasteiger charge is 2.60. The number of nitrogens with two attached hydrogens (primary N) is 1. The van der Waals surface area contributed by atoms with E-state index in [1.807, 2.05) is 0 Å². The Kier molecular flexibility index (Phi) is 5.94. The highest BCUT2D eigenvalue weighted by molar-refractivity contribution is 6.09. The van der Waals surface area contributed by atoms with E-state index in [9.17, 15) is 22.4 Å². The van der Waals surface area contributed by atoms with Gasteiger partial charge < -0.3 is 15.2 Å². The fourth-order valence-corrected chi connectivity index (χ4v) is 4.02. The minimum Gasteiger partial charge on any atom is -0.446 e. The first-order valence-corrected chi connectivity index (χ1v) is 10.9. The van der Waals surface area contributed by atoms with E-state index in [0.717, 1.165) is 11.0 Å². The second-order valence-electron chi connectivity index (χ2n) is 8.39. The quantitative estimate of drug-likeness (QED) is 0.460. The molecule has 0 saturated carbocycles. The topological polar surface area (TPSA) is 77.2 Å². The zero-order chi connectivity index (χ0) is 26.5. The van der Waals surface area contributed by atoms with Gasteiger partial charge in [0.05, 0.1) is 0 Å². The summed E-state index contributed by atoms with van der Waals surface area (Å²) in [6.07, 6.45) is 2.33. The van der Waals surface area contributed by atoms with Crippen LogP contribution in [0.4, 0.5) is 17.6 Å². The Bertz CT molecular complexity index is 1350.